The minimum atomic E-state index is -0.509. The third-order valence-electron chi connectivity index (χ3n) is 7.00. The van der Waals surface area contributed by atoms with Crippen molar-refractivity contribution < 1.29 is 19.5 Å². The SMILES string of the molecule is [2H]c1c([2H])c(-c2ccccc2)c([2H])c(-c2c3ccccc3c(-c3c([2H])c([2H])c4c(oc5c([2H])c([2H])c([2H])c([2H])c54)c3[2H])c3ccccc23)c1[2H]. The molecule has 0 amide bonds. The van der Waals surface area contributed by atoms with E-state index in [0.717, 1.165) is 0 Å². The number of fused-ring (bicyclic) bond motifs is 5. The van der Waals surface area contributed by atoms with E-state index in [1.165, 1.54) is 0 Å². The van der Waals surface area contributed by atoms with Crippen LogP contribution in [0.4, 0.5) is 0 Å². The molecular weight excluding hydrogens is 472 g/mol. The van der Waals surface area contributed by atoms with Gasteiger partial charge in [0, 0.05) is 10.8 Å². The van der Waals surface area contributed by atoms with Crippen LogP contribution in [0, 0.1) is 0 Å². The van der Waals surface area contributed by atoms with Gasteiger partial charge in [-0.05, 0) is 79.1 Å². The van der Waals surface area contributed by atoms with Crippen molar-refractivity contribution in [2.24, 2.45) is 0 Å². The van der Waals surface area contributed by atoms with Gasteiger partial charge in [0.2, 0.25) is 0 Å². The Morgan fingerprint density at radius 1 is 0.385 bits per heavy atom. The quantitative estimate of drug-likeness (QED) is 0.217. The summed E-state index contributed by atoms with van der Waals surface area (Å²) in [4.78, 5) is 0. The molecule has 0 unspecified atom stereocenters. The lowest BCUT2D eigenvalue weighted by molar-refractivity contribution is 0.669. The molecule has 0 aliphatic rings. The summed E-state index contributed by atoms with van der Waals surface area (Å²) in [6.07, 6.45) is 0. The van der Waals surface area contributed by atoms with Gasteiger partial charge in [0.15, 0.2) is 0 Å². The van der Waals surface area contributed by atoms with Crippen LogP contribution in [0.25, 0.3) is 76.9 Å². The molecule has 182 valence electrons. The lowest BCUT2D eigenvalue weighted by Gasteiger charge is -2.18. The van der Waals surface area contributed by atoms with Gasteiger partial charge in [-0.3, -0.25) is 0 Å². The van der Waals surface area contributed by atoms with E-state index in [2.05, 4.69) is 0 Å². The Morgan fingerprint density at radius 3 is 1.64 bits per heavy atom. The minimum absolute atomic E-state index is 0.0411. The van der Waals surface area contributed by atoms with Gasteiger partial charge in [-0.25, -0.2) is 0 Å². The Bertz CT molecular complexity index is 2710. The van der Waals surface area contributed by atoms with Crippen LogP contribution < -0.4 is 0 Å². The maximum atomic E-state index is 9.39. The van der Waals surface area contributed by atoms with Gasteiger partial charge < -0.3 is 4.42 Å². The standard InChI is InChI=1S/C38H24O/c1-2-11-25(12-3-1)26-13-10-14-27(23-26)37-31-16-4-6-18-33(31)38(34-19-7-5-17-32(34)37)28-21-22-30-29-15-8-9-20-35(29)39-36(30)24-28/h1-24H/i8D,9D,10D,13D,14D,15D,20D,21D,22D,23D,24D. The average Bonchev–Trinajstić information content (AvgIpc) is 3.54. The van der Waals surface area contributed by atoms with Crippen LogP contribution in [0.5, 0.6) is 0 Å². The average molecular weight is 508 g/mol. The number of furan rings is 1. The highest BCUT2D eigenvalue weighted by molar-refractivity contribution is 6.22. The zero-order chi connectivity index (χ0) is 35.3. The first-order chi connectivity index (χ1) is 24.0. The first-order valence-corrected chi connectivity index (χ1v) is 12.5. The van der Waals surface area contributed by atoms with Gasteiger partial charge >= 0.3 is 0 Å². The zero-order valence-electron chi connectivity index (χ0n) is 31.4. The van der Waals surface area contributed by atoms with Gasteiger partial charge in [-0.2, -0.15) is 0 Å². The fourth-order valence-electron chi connectivity index (χ4n) is 5.31. The van der Waals surface area contributed by atoms with Crippen molar-refractivity contribution in [3.8, 4) is 33.4 Å². The third-order valence-corrected chi connectivity index (χ3v) is 7.00. The summed E-state index contributed by atoms with van der Waals surface area (Å²) in [7, 11) is 0. The lowest BCUT2D eigenvalue weighted by Crippen LogP contribution is -1.91. The molecule has 7 aromatic carbocycles. The van der Waals surface area contributed by atoms with E-state index in [0.29, 0.717) is 38.2 Å². The highest BCUT2D eigenvalue weighted by atomic mass is 16.3. The molecule has 1 heterocycles. The largest absolute Gasteiger partial charge is 0.456 e. The lowest BCUT2D eigenvalue weighted by atomic mass is 9.85. The summed E-state index contributed by atoms with van der Waals surface area (Å²) < 4.78 is 103. The van der Waals surface area contributed by atoms with Crippen LogP contribution in [-0.4, -0.2) is 0 Å². The summed E-state index contributed by atoms with van der Waals surface area (Å²) in [6.45, 7) is 0. The van der Waals surface area contributed by atoms with Crippen molar-refractivity contribution in [3.63, 3.8) is 0 Å². The fraction of sp³-hybridized carbons (Fsp3) is 0. The summed E-state index contributed by atoms with van der Waals surface area (Å²) in [5.41, 5.74) is 1.60. The van der Waals surface area contributed by atoms with Crippen LogP contribution in [0.2, 0.25) is 0 Å². The topological polar surface area (TPSA) is 13.1 Å². The van der Waals surface area contributed by atoms with Gasteiger partial charge in [-0.15, -0.1) is 0 Å². The summed E-state index contributed by atoms with van der Waals surface area (Å²) in [5, 5.41) is 2.12. The van der Waals surface area contributed by atoms with Crippen LogP contribution in [-0.2, 0) is 0 Å². The molecular formula is C38H24O. The van der Waals surface area contributed by atoms with E-state index in [1.54, 1.807) is 72.8 Å². The maximum absolute atomic E-state index is 9.39. The predicted molar refractivity (Wildman–Crippen MR) is 165 cm³/mol. The molecule has 0 radical (unpaired) electrons. The van der Waals surface area contributed by atoms with Crippen molar-refractivity contribution in [3.05, 3.63) is 145 Å². The van der Waals surface area contributed by atoms with Crippen LogP contribution in [0.3, 0.4) is 0 Å². The second-order valence-electron chi connectivity index (χ2n) is 9.22. The van der Waals surface area contributed by atoms with Crippen molar-refractivity contribution in [1.29, 1.82) is 0 Å². The molecule has 1 aromatic heterocycles. The minimum Gasteiger partial charge on any atom is -0.456 e. The molecule has 8 aromatic rings. The monoisotopic (exact) mass is 507 g/mol. The highest BCUT2D eigenvalue weighted by Gasteiger charge is 2.18. The van der Waals surface area contributed by atoms with Crippen molar-refractivity contribution in [2.45, 2.75) is 0 Å². The second-order valence-corrected chi connectivity index (χ2v) is 9.22. The molecule has 0 bridgehead atoms. The van der Waals surface area contributed by atoms with Gasteiger partial charge in [0.05, 0.1) is 15.1 Å². The molecule has 0 saturated carbocycles. The Morgan fingerprint density at radius 2 is 0.949 bits per heavy atom. The molecule has 1 heteroatoms. The molecule has 0 atom stereocenters. The van der Waals surface area contributed by atoms with Gasteiger partial charge in [-0.1, -0.05) is 121 Å². The predicted octanol–water partition coefficient (Wildman–Crippen LogP) is 10.9. The normalized spacial score (nSPS) is 15.5. The summed E-state index contributed by atoms with van der Waals surface area (Å²) >= 11 is 0. The smallest absolute Gasteiger partial charge is 0.136 e. The van der Waals surface area contributed by atoms with E-state index >= 15 is 0 Å². The fourth-order valence-corrected chi connectivity index (χ4v) is 5.31. The Balaban J connectivity index is 1.54. The summed E-state index contributed by atoms with van der Waals surface area (Å²) in [6, 6.07) is 19.5. The first kappa shape index (κ1) is 13.6. The molecule has 0 aliphatic carbocycles. The van der Waals surface area contributed by atoms with E-state index in [-0.39, 0.29) is 80.9 Å². The first-order valence-electron chi connectivity index (χ1n) is 18.0. The number of hydrogen-bond acceptors (Lipinski definition) is 1. The second kappa shape index (κ2) is 8.72. The molecule has 0 fully saturated rings. The van der Waals surface area contributed by atoms with Gasteiger partial charge in [0.25, 0.3) is 0 Å². The van der Waals surface area contributed by atoms with Crippen molar-refractivity contribution in [1.82, 2.24) is 0 Å². The molecule has 8 rings (SSSR count). The third kappa shape index (κ3) is 3.48. The van der Waals surface area contributed by atoms with Crippen LogP contribution in [0.15, 0.2) is 150 Å². The number of para-hydroxylation sites is 1. The van der Waals surface area contributed by atoms with Crippen LogP contribution in [0.1, 0.15) is 15.1 Å². The molecule has 1 nitrogen and oxygen atoms in total. The molecule has 0 spiro atoms. The zero-order valence-corrected chi connectivity index (χ0v) is 20.4. The van der Waals surface area contributed by atoms with Gasteiger partial charge in [0.1, 0.15) is 11.2 Å². The Hall–Kier alpha value is -5.14. The van der Waals surface area contributed by atoms with Crippen molar-refractivity contribution >= 4 is 43.5 Å². The van der Waals surface area contributed by atoms with E-state index in [9.17, 15) is 4.11 Å². The molecule has 0 aliphatic heterocycles. The molecule has 0 saturated heterocycles. The highest BCUT2D eigenvalue weighted by Crippen LogP contribution is 2.45. The molecule has 39 heavy (non-hydrogen) atoms. The number of benzene rings is 7. The summed E-state index contributed by atoms with van der Waals surface area (Å²) in [5.74, 6) is 0. The van der Waals surface area contributed by atoms with Crippen LogP contribution >= 0.6 is 0 Å². The number of rotatable bonds is 3. The van der Waals surface area contributed by atoms with Crippen molar-refractivity contribution in [2.75, 3.05) is 0 Å². The molecule has 0 N–H and O–H groups in total. The van der Waals surface area contributed by atoms with E-state index < -0.39 is 24.2 Å². The maximum Gasteiger partial charge on any atom is 0.136 e. The van der Waals surface area contributed by atoms with E-state index in [4.69, 9.17) is 15.4 Å². The van der Waals surface area contributed by atoms with E-state index in [1.807, 2.05) is 6.07 Å². The Kier molecular flexibility index (Phi) is 3.04. The number of hydrogen-bond donors (Lipinski definition) is 0. The Labute approximate surface area is 242 Å².